The average molecular weight is 303 g/mol. The van der Waals surface area contributed by atoms with Gasteiger partial charge in [0.05, 0.1) is 5.56 Å². The zero-order valence-corrected chi connectivity index (χ0v) is 13.5. The molecule has 0 N–H and O–H groups in total. The van der Waals surface area contributed by atoms with Gasteiger partial charge in [0.2, 0.25) is 0 Å². The highest BCUT2D eigenvalue weighted by Crippen LogP contribution is 2.25. The summed E-state index contributed by atoms with van der Waals surface area (Å²) in [5.74, 6) is 0.524. The predicted molar refractivity (Wildman–Crippen MR) is 86.4 cm³/mol. The van der Waals surface area contributed by atoms with Crippen molar-refractivity contribution >= 4 is 17.4 Å². The van der Waals surface area contributed by atoms with Gasteiger partial charge in [0, 0.05) is 5.02 Å². The monoisotopic (exact) mass is 302 g/mol. The third-order valence-corrected chi connectivity index (χ3v) is 3.77. The molecule has 2 aromatic carbocycles. The molecule has 0 atom stereocenters. The Balaban J connectivity index is 2.27. The largest absolute Gasteiger partial charge is 0.488 e. The third-order valence-electron chi connectivity index (χ3n) is 3.53. The Morgan fingerprint density at radius 1 is 1.10 bits per heavy atom. The van der Waals surface area contributed by atoms with Crippen LogP contribution in [0.1, 0.15) is 39.5 Å². The van der Waals surface area contributed by atoms with Crippen molar-refractivity contribution < 1.29 is 9.53 Å². The normalized spacial score (nSPS) is 10.5. The number of Topliss-reactive ketones (excluding diaryl/α,β-unsaturated/α-hetero) is 1. The first kappa shape index (κ1) is 15.6. The lowest BCUT2D eigenvalue weighted by Crippen LogP contribution is -2.04. The van der Waals surface area contributed by atoms with Crippen LogP contribution in [0.15, 0.2) is 30.3 Å². The second kappa shape index (κ2) is 6.31. The van der Waals surface area contributed by atoms with E-state index in [4.69, 9.17) is 16.3 Å². The Bertz CT molecular complexity index is 667. The van der Waals surface area contributed by atoms with E-state index in [0.29, 0.717) is 22.9 Å². The zero-order chi connectivity index (χ0) is 15.6. The lowest BCUT2D eigenvalue weighted by atomic mass is 10.0. The van der Waals surface area contributed by atoms with Gasteiger partial charge in [-0.1, -0.05) is 29.3 Å². The van der Waals surface area contributed by atoms with E-state index in [1.165, 1.54) is 23.6 Å². The van der Waals surface area contributed by atoms with Crippen molar-refractivity contribution in [1.82, 2.24) is 0 Å². The van der Waals surface area contributed by atoms with Gasteiger partial charge in [0.1, 0.15) is 12.4 Å². The fraction of sp³-hybridized carbons (Fsp3) is 0.278. The van der Waals surface area contributed by atoms with Crippen molar-refractivity contribution in [2.45, 2.75) is 34.3 Å². The smallest absolute Gasteiger partial charge is 0.163 e. The summed E-state index contributed by atoms with van der Waals surface area (Å²) in [4.78, 5) is 11.7. The van der Waals surface area contributed by atoms with E-state index in [1.807, 2.05) is 0 Å². The molecule has 2 aromatic rings. The summed E-state index contributed by atoms with van der Waals surface area (Å²) in [6, 6.07) is 9.41. The Hall–Kier alpha value is -1.80. The molecule has 0 saturated heterocycles. The molecule has 0 aliphatic rings. The van der Waals surface area contributed by atoms with Gasteiger partial charge in [-0.25, -0.2) is 0 Å². The predicted octanol–water partition coefficient (Wildman–Crippen LogP) is 5.05. The van der Waals surface area contributed by atoms with Crippen molar-refractivity contribution in [2.75, 3.05) is 0 Å². The van der Waals surface area contributed by atoms with Crippen LogP contribution in [0.3, 0.4) is 0 Å². The van der Waals surface area contributed by atoms with Gasteiger partial charge in [-0.15, -0.1) is 0 Å². The molecule has 0 aromatic heterocycles. The van der Waals surface area contributed by atoms with E-state index < -0.39 is 0 Å². The van der Waals surface area contributed by atoms with Crippen LogP contribution < -0.4 is 4.74 Å². The maximum Gasteiger partial charge on any atom is 0.163 e. The molecule has 2 rings (SSSR count). The topological polar surface area (TPSA) is 26.3 Å². The van der Waals surface area contributed by atoms with Crippen LogP contribution in [-0.2, 0) is 6.61 Å². The molecule has 0 heterocycles. The van der Waals surface area contributed by atoms with Crippen LogP contribution in [0.2, 0.25) is 5.02 Å². The summed E-state index contributed by atoms with van der Waals surface area (Å²) < 4.78 is 5.86. The number of rotatable bonds is 4. The van der Waals surface area contributed by atoms with Crippen molar-refractivity contribution in [2.24, 2.45) is 0 Å². The molecule has 0 bridgehead atoms. The van der Waals surface area contributed by atoms with E-state index in [-0.39, 0.29) is 5.78 Å². The molecule has 0 radical (unpaired) electrons. The van der Waals surface area contributed by atoms with E-state index >= 15 is 0 Å². The Morgan fingerprint density at radius 3 is 2.29 bits per heavy atom. The molecule has 0 amide bonds. The van der Waals surface area contributed by atoms with Crippen LogP contribution in [0, 0.1) is 20.8 Å². The molecule has 0 saturated carbocycles. The molecule has 0 fully saturated rings. The molecular weight excluding hydrogens is 284 g/mol. The molecule has 21 heavy (non-hydrogen) atoms. The van der Waals surface area contributed by atoms with Crippen molar-refractivity contribution in [3.63, 3.8) is 0 Å². The number of ether oxygens (including phenoxy) is 1. The summed E-state index contributed by atoms with van der Waals surface area (Å²) in [6.07, 6.45) is 0. The highest BCUT2D eigenvalue weighted by molar-refractivity contribution is 6.31. The summed E-state index contributed by atoms with van der Waals surface area (Å²) >= 11 is 5.94. The molecule has 3 heteroatoms. The number of benzene rings is 2. The first-order valence-corrected chi connectivity index (χ1v) is 7.26. The second-order valence-corrected chi connectivity index (χ2v) is 5.80. The summed E-state index contributed by atoms with van der Waals surface area (Å²) in [5, 5.41) is 0.537. The van der Waals surface area contributed by atoms with Crippen LogP contribution >= 0.6 is 11.6 Å². The van der Waals surface area contributed by atoms with Crippen LogP contribution in [0.25, 0.3) is 0 Å². The second-order valence-electron chi connectivity index (χ2n) is 5.36. The molecule has 0 spiro atoms. The van der Waals surface area contributed by atoms with Gasteiger partial charge >= 0.3 is 0 Å². The van der Waals surface area contributed by atoms with E-state index in [2.05, 4.69) is 32.9 Å². The van der Waals surface area contributed by atoms with E-state index in [0.717, 1.165) is 5.56 Å². The lowest BCUT2D eigenvalue weighted by Gasteiger charge is -2.14. The number of aryl methyl sites for hydroxylation is 3. The maximum atomic E-state index is 11.7. The van der Waals surface area contributed by atoms with E-state index in [1.54, 1.807) is 18.2 Å². The molecule has 110 valence electrons. The highest BCUT2D eigenvalue weighted by Gasteiger charge is 2.11. The van der Waals surface area contributed by atoms with Crippen LogP contribution in [0.5, 0.6) is 5.75 Å². The van der Waals surface area contributed by atoms with Crippen molar-refractivity contribution in [1.29, 1.82) is 0 Å². The molecule has 2 nitrogen and oxygen atoms in total. The fourth-order valence-electron chi connectivity index (χ4n) is 2.49. The number of hydrogen-bond acceptors (Lipinski definition) is 2. The molecule has 0 unspecified atom stereocenters. The van der Waals surface area contributed by atoms with Crippen LogP contribution in [-0.4, -0.2) is 5.78 Å². The van der Waals surface area contributed by atoms with Gasteiger partial charge in [0.25, 0.3) is 0 Å². The lowest BCUT2D eigenvalue weighted by molar-refractivity contribution is 0.101. The Kier molecular flexibility index (Phi) is 4.69. The fourth-order valence-corrected chi connectivity index (χ4v) is 2.66. The quantitative estimate of drug-likeness (QED) is 0.739. The first-order chi connectivity index (χ1) is 9.88. The molecule has 0 aliphatic carbocycles. The number of ketones is 1. The minimum absolute atomic E-state index is 0.0511. The maximum absolute atomic E-state index is 11.7. The number of carbonyl (C=O) groups is 1. The number of carbonyl (C=O) groups excluding carboxylic acids is 1. The van der Waals surface area contributed by atoms with Gasteiger partial charge in [0.15, 0.2) is 5.78 Å². The van der Waals surface area contributed by atoms with Crippen molar-refractivity contribution in [3.8, 4) is 5.75 Å². The minimum Gasteiger partial charge on any atom is -0.488 e. The number of halogens is 1. The standard InChI is InChI=1S/C18H19ClO2/c1-11-7-12(2)17(13(3)8-11)10-21-18-6-5-15(19)9-16(18)14(4)20/h5-9H,10H2,1-4H3. The van der Waals surface area contributed by atoms with Crippen molar-refractivity contribution in [3.05, 3.63) is 63.2 Å². The Morgan fingerprint density at radius 2 is 1.71 bits per heavy atom. The van der Waals surface area contributed by atoms with E-state index in [9.17, 15) is 4.79 Å². The molecule has 0 aliphatic heterocycles. The van der Waals surface area contributed by atoms with Gasteiger partial charge in [-0.05, 0) is 62.6 Å². The third kappa shape index (κ3) is 3.64. The van der Waals surface area contributed by atoms with Gasteiger partial charge in [-0.3, -0.25) is 4.79 Å². The van der Waals surface area contributed by atoms with Gasteiger partial charge in [-0.2, -0.15) is 0 Å². The highest BCUT2D eigenvalue weighted by atomic mass is 35.5. The summed E-state index contributed by atoms with van der Waals surface area (Å²) in [6.45, 7) is 8.19. The van der Waals surface area contributed by atoms with Gasteiger partial charge < -0.3 is 4.74 Å². The number of hydrogen-bond donors (Lipinski definition) is 0. The first-order valence-electron chi connectivity index (χ1n) is 6.88. The average Bonchev–Trinajstić information content (AvgIpc) is 2.38. The van der Waals surface area contributed by atoms with Crippen LogP contribution in [0.4, 0.5) is 0 Å². The molecular formula is C18H19ClO2. The minimum atomic E-state index is -0.0511. The SMILES string of the molecule is CC(=O)c1cc(Cl)ccc1OCc1c(C)cc(C)cc1C. The Labute approximate surface area is 130 Å². The summed E-state index contributed by atoms with van der Waals surface area (Å²) in [5.41, 5.74) is 5.32. The zero-order valence-electron chi connectivity index (χ0n) is 12.8. The summed E-state index contributed by atoms with van der Waals surface area (Å²) in [7, 11) is 0.